The van der Waals surface area contributed by atoms with Crippen molar-refractivity contribution in [3.8, 4) is 0 Å². The summed E-state index contributed by atoms with van der Waals surface area (Å²) >= 11 is 0. The van der Waals surface area contributed by atoms with Gasteiger partial charge in [-0.2, -0.15) is 0 Å². The van der Waals surface area contributed by atoms with E-state index < -0.39 is 4.92 Å². The van der Waals surface area contributed by atoms with Gasteiger partial charge < -0.3 is 10.6 Å². The molecule has 2 aromatic rings. The minimum Gasteiger partial charge on any atom is -0.386 e. The highest BCUT2D eigenvalue weighted by molar-refractivity contribution is 5.93. The molecule has 0 unspecified atom stereocenters. The lowest BCUT2D eigenvalue weighted by Gasteiger charge is -2.24. The van der Waals surface area contributed by atoms with Crippen LogP contribution in [0.25, 0.3) is 0 Å². The maximum Gasteiger partial charge on any atom is 0.269 e. The summed E-state index contributed by atoms with van der Waals surface area (Å²) in [6.45, 7) is 2.87. The number of amides is 1. The van der Waals surface area contributed by atoms with E-state index in [9.17, 15) is 14.9 Å². The highest BCUT2D eigenvalue weighted by Gasteiger charge is 2.33. The molecule has 0 saturated carbocycles. The zero-order valence-electron chi connectivity index (χ0n) is 15.2. The van der Waals surface area contributed by atoms with Crippen LogP contribution in [0.3, 0.4) is 0 Å². The third-order valence-corrected chi connectivity index (χ3v) is 4.73. The lowest BCUT2D eigenvalue weighted by molar-refractivity contribution is -0.384. The van der Waals surface area contributed by atoms with E-state index in [2.05, 4.69) is 4.99 Å². The quantitative estimate of drug-likeness (QED) is 0.367. The molecule has 1 heterocycles. The Bertz CT molecular complexity index is 860. The van der Waals surface area contributed by atoms with Gasteiger partial charge in [-0.05, 0) is 24.5 Å². The number of nitrogens with two attached hydrogens (primary N) is 1. The van der Waals surface area contributed by atoms with E-state index in [1.807, 2.05) is 31.2 Å². The van der Waals surface area contributed by atoms with Crippen LogP contribution in [-0.4, -0.2) is 27.6 Å². The summed E-state index contributed by atoms with van der Waals surface area (Å²) in [5, 5.41) is 10.8. The van der Waals surface area contributed by atoms with E-state index >= 15 is 0 Å². The predicted molar refractivity (Wildman–Crippen MR) is 103 cm³/mol. The van der Waals surface area contributed by atoms with Gasteiger partial charge in [0.05, 0.1) is 17.5 Å². The number of carbonyl (C=O) groups excluding carboxylic acids is 1. The first-order chi connectivity index (χ1) is 12.9. The molecule has 2 N–H and O–H groups in total. The van der Waals surface area contributed by atoms with E-state index in [0.717, 1.165) is 11.1 Å². The lowest BCUT2D eigenvalue weighted by atomic mass is 10.1. The average molecular weight is 366 g/mol. The Morgan fingerprint density at radius 2 is 1.81 bits per heavy atom. The standard InChI is InChI=1S/C20H22N4O3/c1-14-2-4-15(5-3-14)12-22-20(21)18-10-11-19(25)23(18)13-16-6-8-17(9-7-16)24(26)27/h2-9,18H,10-13H2,1H3,(H2,21,22)/t18-/m0/s1. The second-order valence-electron chi connectivity index (χ2n) is 6.73. The maximum atomic E-state index is 12.3. The average Bonchev–Trinajstić information content (AvgIpc) is 3.02. The van der Waals surface area contributed by atoms with Crippen molar-refractivity contribution in [2.45, 2.75) is 38.9 Å². The number of nitro groups is 1. The molecule has 1 amide bonds. The SMILES string of the molecule is Cc1ccc(CN=C(N)[C@@H]2CCC(=O)N2Cc2ccc([N+](=O)[O-])cc2)cc1. The molecule has 7 heteroatoms. The fourth-order valence-electron chi connectivity index (χ4n) is 3.14. The monoisotopic (exact) mass is 366 g/mol. The molecule has 7 nitrogen and oxygen atoms in total. The van der Waals surface area contributed by atoms with Gasteiger partial charge in [0.15, 0.2) is 0 Å². The van der Waals surface area contributed by atoms with Gasteiger partial charge >= 0.3 is 0 Å². The van der Waals surface area contributed by atoms with Crippen LogP contribution in [-0.2, 0) is 17.9 Å². The Balaban J connectivity index is 1.70. The molecule has 1 aliphatic heterocycles. The molecule has 1 saturated heterocycles. The molecule has 1 fully saturated rings. The van der Waals surface area contributed by atoms with Crippen LogP contribution in [0, 0.1) is 17.0 Å². The van der Waals surface area contributed by atoms with Crippen molar-refractivity contribution in [1.29, 1.82) is 0 Å². The summed E-state index contributed by atoms with van der Waals surface area (Å²) < 4.78 is 0. The topological polar surface area (TPSA) is 102 Å². The number of nitro benzene ring substituents is 1. The van der Waals surface area contributed by atoms with Crippen LogP contribution in [0.5, 0.6) is 0 Å². The summed E-state index contributed by atoms with van der Waals surface area (Å²) in [5.74, 6) is 0.468. The van der Waals surface area contributed by atoms with Gasteiger partial charge in [-0.1, -0.05) is 42.0 Å². The first-order valence-electron chi connectivity index (χ1n) is 8.82. The number of amidine groups is 1. The van der Waals surface area contributed by atoms with Gasteiger partial charge in [-0.15, -0.1) is 0 Å². The lowest BCUT2D eigenvalue weighted by Crippen LogP contribution is -2.42. The number of likely N-dealkylation sites (tertiary alicyclic amines) is 1. The van der Waals surface area contributed by atoms with Crippen molar-refractivity contribution in [3.63, 3.8) is 0 Å². The number of aliphatic imine (C=N–C) groups is 1. The van der Waals surface area contributed by atoms with Crippen molar-refractivity contribution < 1.29 is 9.72 Å². The summed E-state index contributed by atoms with van der Waals surface area (Å²) in [6, 6.07) is 14.1. The summed E-state index contributed by atoms with van der Waals surface area (Å²) in [7, 11) is 0. The Hall–Kier alpha value is -3.22. The van der Waals surface area contributed by atoms with Gasteiger partial charge in [0.2, 0.25) is 5.91 Å². The smallest absolute Gasteiger partial charge is 0.269 e. The van der Waals surface area contributed by atoms with Gasteiger partial charge in [0.1, 0.15) is 5.84 Å². The van der Waals surface area contributed by atoms with Gasteiger partial charge in [-0.25, -0.2) is 0 Å². The largest absolute Gasteiger partial charge is 0.386 e. The Morgan fingerprint density at radius 1 is 1.19 bits per heavy atom. The van der Waals surface area contributed by atoms with E-state index in [0.29, 0.717) is 31.8 Å². The molecule has 0 aliphatic carbocycles. The van der Waals surface area contributed by atoms with Gasteiger partial charge in [0, 0.05) is 25.1 Å². The molecule has 140 valence electrons. The van der Waals surface area contributed by atoms with Crippen LogP contribution in [0.15, 0.2) is 53.5 Å². The third kappa shape index (κ3) is 4.49. The van der Waals surface area contributed by atoms with Gasteiger partial charge in [0.25, 0.3) is 5.69 Å². The van der Waals surface area contributed by atoms with E-state index in [1.54, 1.807) is 17.0 Å². The molecule has 0 spiro atoms. The molecular weight excluding hydrogens is 344 g/mol. The van der Waals surface area contributed by atoms with Crippen molar-refractivity contribution in [3.05, 3.63) is 75.3 Å². The summed E-state index contributed by atoms with van der Waals surface area (Å²) in [5.41, 5.74) is 9.30. The van der Waals surface area contributed by atoms with Crippen molar-refractivity contribution in [2.75, 3.05) is 0 Å². The second kappa shape index (κ2) is 7.99. The van der Waals surface area contributed by atoms with Gasteiger partial charge in [-0.3, -0.25) is 19.9 Å². The number of hydrogen-bond acceptors (Lipinski definition) is 4. The number of aryl methyl sites for hydroxylation is 1. The molecule has 3 rings (SSSR count). The van der Waals surface area contributed by atoms with Crippen LogP contribution < -0.4 is 5.73 Å². The van der Waals surface area contributed by atoms with E-state index in [-0.39, 0.29) is 17.6 Å². The van der Waals surface area contributed by atoms with Crippen LogP contribution in [0.1, 0.15) is 29.5 Å². The van der Waals surface area contributed by atoms with E-state index in [1.165, 1.54) is 17.7 Å². The minimum absolute atomic E-state index is 0.0202. The Morgan fingerprint density at radius 3 is 2.44 bits per heavy atom. The van der Waals surface area contributed by atoms with Crippen LogP contribution >= 0.6 is 0 Å². The zero-order valence-corrected chi connectivity index (χ0v) is 15.2. The minimum atomic E-state index is -0.441. The normalized spacial score (nSPS) is 17.4. The number of hydrogen-bond donors (Lipinski definition) is 1. The number of rotatable bonds is 6. The molecule has 2 aromatic carbocycles. The molecule has 1 atom stereocenters. The predicted octanol–water partition coefficient (Wildman–Crippen LogP) is 2.95. The highest BCUT2D eigenvalue weighted by atomic mass is 16.6. The zero-order chi connectivity index (χ0) is 19.4. The third-order valence-electron chi connectivity index (χ3n) is 4.73. The number of benzene rings is 2. The fourth-order valence-corrected chi connectivity index (χ4v) is 3.14. The molecule has 1 aliphatic rings. The maximum absolute atomic E-state index is 12.3. The van der Waals surface area contributed by atoms with Crippen molar-refractivity contribution in [2.24, 2.45) is 10.7 Å². The molecule has 0 aromatic heterocycles. The number of carbonyl (C=O) groups is 1. The Kier molecular flexibility index (Phi) is 5.49. The van der Waals surface area contributed by atoms with Crippen LogP contribution in [0.2, 0.25) is 0 Å². The summed E-state index contributed by atoms with van der Waals surface area (Å²) in [6.07, 6.45) is 1.06. The fraction of sp³-hybridized carbons (Fsp3) is 0.300. The number of non-ortho nitro benzene ring substituents is 1. The first-order valence-corrected chi connectivity index (χ1v) is 8.82. The van der Waals surface area contributed by atoms with E-state index in [4.69, 9.17) is 5.73 Å². The molecule has 27 heavy (non-hydrogen) atoms. The first kappa shape index (κ1) is 18.6. The summed E-state index contributed by atoms with van der Waals surface area (Å²) in [4.78, 5) is 28.8. The van der Waals surface area contributed by atoms with Crippen molar-refractivity contribution in [1.82, 2.24) is 4.90 Å². The molecule has 0 radical (unpaired) electrons. The molecular formula is C20H22N4O3. The number of nitrogens with zero attached hydrogens (tertiary/aromatic N) is 3. The van der Waals surface area contributed by atoms with Crippen LogP contribution in [0.4, 0.5) is 5.69 Å². The second-order valence-corrected chi connectivity index (χ2v) is 6.73. The highest BCUT2D eigenvalue weighted by Crippen LogP contribution is 2.23. The Labute approximate surface area is 157 Å². The molecule has 0 bridgehead atoms. The van der Waals surface area contributed by atoms with Crippen molar-refractivity contribution >= 4 is 17.4 Å².